The van der Waals surface area contributed by atoms with E-state index in [2.05, 4.69) is 20.0 Å². The molecular formula is C11H19N3O4. The number of H-pyrrole nitrogens is 1. The molecule has 7 nitrogen and oxygen atoms in total. The molecule has 0 radical (unpaired) electrons. The van der Waals surface area contributed by atoms with Crippen molar-refractivity contribution in [2.45, 2.75) is 46.3 Å². The second-order valence-electron chi connectivity index (χ2n) is 5.35. The van der Waals surface area contributed by atoms with Crippen molar-refractivity contribution < 1.29 is 14.1 Å². The Morgan fingerprint density at radius 3 is 2.44 bits per heavy atom. The summed E-state index contributed by atoms with van der Waals surface area (Å²) in [6.45, 7) is 9.09. The summed E-state index contributed by atoms with van der Waals surface area (Å²) in [5, 5.41) is 6.22. The second kappa shape index (κ2) is 5.24. The van der Waals surface area contributed by atoms with Crippen LogP contribution in [0.2, 0.25) is 0 Å². The molecule has 1 heterocycles. The van der Waals surface area contributed by atoms with E-state index in [9.17, 15) is 9.59 Å². The number of hydrogen-bond acceptors (Lipinski definition) is 5. The Labute approximate surface area is 105 Å². The van der Waals surface area contributed by atoms with E-state index >= 15 is 0 Å². The molecule has 18 heavy (non-hydrogen) atoms. The van der Waals surface area contributed by atoms with E-state index in [1.165, 1.54) is 0 Å². The van der Waals surface area contributed by atoms with Gasteiger partial charge in [0.1, 0.15) is 5.60 Å². The molecule has 102 valence electrons. The maximum atomic E-state index is 11.7. The molecule has 0 aliphatic heterocycles. The van der Waals surface area contributed by atoms with Gasteiger partial charge in [-0.2, -0.15) is 0 Å². The third kappa shape index (κ3) is 4.23. The fourth-order valence-corrected chi connectivity index (χ4v) is 1.36. The number of nitrogens with zero attached hydrogens (tertiary/aromatic N) is 1. The lowest BCUT2D eigenvalue weighted by molar-refractivity contribution is 0.0486. The highest BCUT2D eigenvalue weighted by atomic mass is 16.6. The van der Waals surface area contributed by atoms with Gasteiger partial charge in [0.05, 0.1) is 6.04 Å². The molecule has 1 atom stereocenters. The molecule has 0 fully saturated rings. The van der Waals surface area contributed by atoms with Gasteiger partial charge in [-0.05, 0) is 26.7 Å². The van der Waals surface area contributed by atoms with Crippen molar-refractivity contribution in [3.05, 3.63) is 16.4 Å². The summed E-state index contributed by atoms with van der Waals surface area (Å²) in [5.41, 5.74) is -0.581. The van der Waals surface area contributed by atoms with Crippen molar-refractivity contribution >= 4 is 6.09 Å². The monoisotopic (exact) mass is 257 g/mol. The topological polar surface area (TPSA) is 97.2 Å². The Hall–Kier alpha value is -1.79. The van der Waals surface area contributed by atoms with Crippen molar-refractivity contribution in [3.63, 3.8) is 0 Å². The highest BCUT2D eigenvalue weighted by molar-refractivity contribution is 5.68. The van der Waals surface area contributed by atoms with Crippen LogP contribution >= 0.6 is 0 Å². The summed E-state index contributed by atoms with van der Waals surface area (Å²) < 4.78 is 9.57. The van der Waals surface area contributed by atoms with Crippen LogP contribution in [-0.2, 0) is 4.74 Å². The third-order valence-corrected chi connectivity index (χ3v) is 2.09. The minimum Gasteiger partial charge on any atom is -0.444 e. The first-order valence-electron chi connectivity index (χ1n) is 5.74. The van der Waals surface area contributed by atoms with E-state index < -0.39 is 23.5 Å². The van der Waals surface area contributed by atoms with Gasteiger partial charge in [0.15, 0.2) is 5.82 Å². The number of alkyl carbamates (subject to hydrolysis) is 1. The first-order chi connectivity index (χ1) is 8.19. The zero-order chi connectivity index (χ0) is 13.9. The van der Waals surface area contributed by atoms with Crippen molar-refractivity contribution in [2.24, 2.45) is 5.92 Å². The van der Waals surface area contributed by atoms with E-state index in [0.717, 1.165) is 0 Å². The molecule has 1 aromatic heterocycles. The summed E-state index contributed by atoms with van der Waals surface area (Å²) in [7, 11) is 0. The zero-order valence-electron chi connectivity index (χ0n) is 11.2. The van der Waals surface area contributed by atoms with Crippen LogP contribution in [0.3, 0.4) is 0 Å². The van der Waals surface area contributed by atoms with Gasteiger partial charge in [-0.3, -0.25) is 9.51 Å². The lowest BCUT2D eigenvalue weighted by Crippen LogP contribution is -2.37. The average Bonchev–Trinajstić information content (AvgIpc) is 2.57. The Morgan fingerprint density at radius 1 is 1.44 bits per heavy atom. The Bertz CT molecular complexity index is 455. The van der Waals surface area contributed by atoms with Crippen molar-refractivity contribution in [3.8, 4) is 0 Å². The first kappa shape index (κ1) is 14.3. The highest BCUT2D eigenvalue weighted by Crippen LogP contribution is 2.18. The molecule has 0 saturated heterocycles. The van der Waals surface area contributed by atoms with E-state index in [0.29, 0.717) is 0 Å². The lowest BCUT2D eigenvalue weighted by Gasteiger charge is -2.24. The number of hydrogen-bond donors (Lipinski definition) is 2. The molecule has 0 bridgehead atoms. The molecule has 7 heteroatoms. The molecule has 2 N–H and O–H groups in total. The molecular weight excluding hydrogens is 238 g/mol. The predicted molar refractivity (Wildman–Crippen MR) is 64.1 cm³/mol. The molecule has 0 saturated carbocycles. The van der Waals surface area contributed by atoms with Crippen LogP contribution in [0.4, 0.5) is 4.79 Å². The molecule has 0 spiro atoms. The minimum absolute atomic E-state index is 0.0262. The number of aromatic nitrogens is 2. The van der Waals surface area contributed by atoms with Crippen LogP contribution < -0.4 is 11.1 Å². The molecule has 1 amide bonds. The lowest BCUT2D eigenvalue weighted by atomic mass is 10.0. The number of carbonyl (C=O) groups excluding carboxylic acids is 1. The smallest absolute Gasteiger partial charge is 0.438 e. The van der Waals surface area contributed by atoms with Crippen molar-refractivity contribution in [1.29, 1.82) is 0 Å². The SMILES string of the molecule is CC(C)C(NC(=O)OC(C)(C)C)c1noc(=O)[nH]1. The largest absolute Gasteiger partial charge is 0.444 e. The second-order valence-corrected chi connectivity index (χ2v) is 5.35. The fraction of sp³-hybridized carbons (Fsp3) is 0.727. The van der Waals surface area contributed by atoms with Crippen LogP contribution in [-0.4, -0.2) is 21.8 Å². The molecule has 0 aliphatic rings. The van der Waals surface area contributed by atoms with Crippen molar-refractivity contribution in [2.75, 3.05) is 0 Å². The van der Waals surface area contributed by atoms with E-state index in [4.69, 9.17) is 4.74 Å². The standard InChI is InChI=1S/C11H19N3O4/c1-6(2)7(8-13-10(16)18-14-8)12-9(15)17-11(3,4)5/h6-7H,1-5H3,(H,12,15)(H,13,14,16). The summed E-state index contributed by atoms with van der Waals surface area (Å²) in [5.74, 6) is -0.347. The van der Waals surface area contributed by atoms with Crippen molar-refractivity contribution in [1.82, 2.24) is 15.5 Å². The Kier molecular flexibility index (Phi) is 4.15. The summed E-state index contributed by atoms with van der Waals surface area (Å²) in [4.78, 5) is 25.0. The highest BCUT2D eigenvalue weighted by Gasteiger charge is 2.25. The first-order valence-corrected chi connectivity index (χ1v) is 5.74. The number of carbonyl (C=O) groups is 1. The van der Waals surface area contributed by atoms with Crippen LogP contribution in [0, 0.1) is 5.92 Å². The molecule has 0 aromatic carbocycles. The maximum absolute atomic E-state index is 11.7. The van der Waals surface area contributed by atoms with Gasteiger partial charge >= 0.3 is 11.8 Å². The number of nitrogens with one attached hydrogen (secondary N) is 2. The Balaban J connectivity index is 2.76. The van der Waals surface area contributed by atoms with Gasteiger partial charge in [-0.25, -0.2) is 9.59 Å². The summed E-state index contributed by atoms with van der Waals surface area (Å²) in [6.07, 6.45) is -0.565. The van der Waals surface area contributed by atoms with E-state index in [1.54, 1.807) is 20.8 Å². The van der Waals surface area contributed by atoms with Gasteiger partial charge < -0.3 is 10.1 Å². The summed E-state index contributed by atoms with van der Waals surface area (Å²) >= 11 is 0. The molecule has 0 aliphatic carbocycles. The summed E-state index contributed by atoms with van der Waals surface area (Å²) in [6, 6.07) is -0.466. The van der Waals surface area contributed by atoms with Gasteiger partial charge in [0.25, 0.3) is 0 Å². The quantitative estimate of drug-likeness (QED) is 0.856. The van der Waals surface area contributed by atoms with E-state index in [1.807, 2.05) is 13.8 Å². The maximum Gasteiger partial charge on any atom is 0.438 e. The van der Waals surface area contributed by atoms with Crippen LogP contribution in [0.5, 0.6) is 0 Å². The van der Waals surface area contributed by atoms with Gasteiger partial charge in [-0.15, -0.1) is 0 Å². The molecule has 1 unspecified atom stereocenters. The number of aromatic amines is 1. The van der Waals surface area contributed by atoms with Crippen LogP contribution in [0.1, 0.15) is 46.5 Å². The average molecular weight is 257 g/mol. The third-order valence-electron chi connectivity index (χ3n) is 2.09. The fourth-order valence-electron chi connectivity index (χ4n) is 1.36. The van der Waals surface area contributed by atoms with E-state index in [-0.39, 0.29) is 11.7 Å². The van der Waals surface area contributed by atoms with Gasteiger partial charge in [0, 0.05) is 0 Å². The predicted octanol–water partition coefficient (Wildman–Crippen LogP) is 1.58. The Morgan fingerprint density at radius 2 is 2.06 bits per heavy atom. The number of amides is 1. The van der Waals surface area contributed by atoms with Gasteiger partial charge in [0.2, 0.25) is 0 Å². The molecule has 1 aromatic rings. The normalized spacial score (nSPS) is 13.4. The van der Waals surface area contributed by atoms with Crippen LogP contribution in [0.25, 0.3) is 0 Å². The number of ether oxygens (including phenoxy) is 1. The molecule has 1 rings (SSSR count). The number of rotatable bonds is 3. The van der Waals surface area contributed by atoms with Gasteiger partial charge in [-0.1, -0.05) is 19.0 Å². The van der Waals surface area contributed by atoms with Crippen LogP contribution in [0.15, 0.2) is 9.32 Å². The zero-order valence-corrected chi connectivity index (χ0v) is 11.2. The minimum atomic E-state index is -0.651.